The summed E-state index contributed by atoms with van der Waals surface area (Å²) in [5, 5.41) is 3.30. The van der Waals surface area contributed by atoms with Crippen LogP contribution in [-0.4, -0.2) is 27.0 Å². The van der Waals surface area contributed by atoms with Crippen LogP contribution in [0.15, 0.2) is 85.2 Å². The number of hydrogen-bond donors (Lipinski definition) is 3. The van der Waals surface area contributed by atoms with Crippen LogP contribution in [0.2, 0.25) is 0 Å². The molecule has 5 nitrogen and oxygen atoms in total. The number of esters is 1. The van der Waals surface area contributed by atoms with Crippen molar-refractivity contribution in [3.05, 3.63) is 108 Å². The lowest BCUT2D eigenvalue weighted by Gasteiger charge is -2.17. The fourth-order valence-corrected chi connectivity index (χ4v) is 6.03. The predicted octanol–water partition coefficient (Wildman–Crippen LogP) is 6.11. The number of aromatic nitrogens is 3. The van der Waals surface area contributed by atoms with E-state index in [2.05, 4.69) is 57.5 Å². The summed E-state index contributed by atoms with van der Waals surface area (Å²) in [5.74, 6) is -0.370. The lowest BCUT2D eigenvalue weighted by molar-refractivity contribution is -0.137. The van der Waals surface area contributed by atoms with Gasteiger partial charge in [-0.15, -0.1) is 0 Å². The summed E-state index contributed by atoms with van der Waals surface area (Å²) < 4.78 is 6.18. The van der Waals surface area contributed by atoms with Crippen molar-refractivity contribution in [2.24, 2.45) is 0 Å². The molecule has 2 aliphatic rings. The molecule has 0 saturated carbocycles. The fraction of sp³-hybridized carbons (Fsp3) is 0.0690. The van der Waals surface area contributed by atoms with Gasteiger partial charge >= 0.3 is 5.97 Å². The number of benzene rings is 3. The van der Waals surface area contributed by atoms with Crippen LogP contribution in [0, 0.1) is 0 Å². The second-order valence-corrected chi connectivity index (χ2v) is 9.09. The van der Waals surface area contributed by atoms with Gasteiger partial charge in [-0.1, -0.05) is 54.6 Å². The SMILES string of the molecule is O=C1OC2C(=C1c1c[nH]c3ccccc13)c1c([nH]c3ccccc13)C2c1c[nH]c2ccccc12. The van der Waals surface area contributed by atoms with Gasteiger partial charge in [0.05, 0.1) is 11.5 Å². The molecular formula is C29H19N3O2. The Labute approximate surface area is 194 Å². The molecule has 0 saturated heterocycles. The Bertz CT molecular complexity index is 1830. The second kappa shape index (κ2) is 6.29. The van der Waals surface area contributed by atoms with Crippen LogP contribution in [0.3, 0.4) is 0 Å². The van der Waals surface area contributed by atoms with Gasteiger partial charge in [0.2, 0.25) is 0 Å². The summed E-state index contributed by atoms with van der Waals surface area (Å²) in [7, 11) is 0. The van der Waals surface area contributed by atoms with Gasteiger partial charge in [0.1, 0.15) is 6.10 Å². The van der Waals surface area contributed by atoms with Gasteiger partial charge in [0, 0.05) is 67.5 Å². The summed E-state index contributed by atoms with van der Waals surface area (Å²) in [4.78, 5) is 23.9. The Morgan fingerprint density at radius 1 is 0.706 bits per heavy atom. The van der Waals surface area contributed by atoms with E-state index in [9.17, 15) is 4.79 Å². The van der Waals surface area contributed by atoms with Crippen molar-refractivity contribution in [2.75, 3.05) is 0 Å². The number of carbonyl (C=O) groups excluding carboxylic acids is 1. The number of H-pyrrole nitrogens is 3. The van der Waals surface area contributed by atoms with Gasteiger partial charge in [-0.25, -0.2) is 4.79 Å². The van der Waals surface area contributed by atoms with E-state index in [0.29, 0.717) is 5.57 Å². The van der Waals surface area contributed by atoms with Crippen LogP contribution < -0.4 is 0 Å². The number of aromatic amines is 3. The molecule has 6 aromatic rings. The Kier molecular flexibility index (Phi) is 3.33. The molecule has 0 radical (unpaired) electrons. The maximum Gasteiger partial charge on any atom is 0.339 e. The molecule has 1 aliphatic heterocycles. The van der Waals surface area contributed by atoms with Gasteiger partial charge < -0.3 is 19.7 Å². The Hall–Kier alpha value is -4.51. The zero-order valence-corrected chi connectivity index (χ0v) is 18.1. The third-order valence-electron chi connectivity index (χ3n) is 7.43. The minimum Gasteiger partial charge on any atom is -0.453 e. The average Bonchev–Trinajstić information content (AvgIpc) is 3.65. The highest BCUT2D eigenvalue weighted by atomic mass is 16.5. The number of rotatable bonds is 2. The average molecular weight is 441 g/mol. The van der Waals surface area contributed by atoms with Crippen LogP contribution >= 0.6 is 0 Å². The maximum absolute atomic E-state index is 13.5. The molecule has 5 heteroatoms. The summed E-state index contributed by atoms with van der Waals surface area (Å²) in [6.45, 7) is 0. The highest BCUT2D eigenvalue weighted by molar-refractivity contribution is 6.32. The molecule has 4 heterocycles. The molecular weight excluding hydrogens is 422 g/mol. The summed E-state index contributed by atoms with van der Waals surface area (Å²) in [5.41, 5.74) is 9.04. The smallest absolute Gasteiger partial charge is 0.339 e. The zero-order chi connectivity index (χ0) is 22.4. The van der Waals surface area contributed by atoms with E-state index in [4.69, 9.17) is 4.74 Å². The normalized spacial score (nSPS) is 19.4. The van der Waals surface area contributed by atoms with E-state index >= 15 is 0 Å². The van der Waals surface area contributed by atoms with E-state index in [1.807, 2.05) is 42.6 Å². The highest BCUT2D eigenvalue weighted by Gasteiger charge is 2.50. The fourth-order valence-electron chi connectivity index (χ4n) is 6.03. The Balaban J connectivity index is 1.47. The summed E-state index contributed by atoms with van der Waals surface area (Å²) in [6, 6.07) is 24.7. The number of para-hydroxylation sites is 3. The van der Waals surface area contributed by atoms with Crippen LogP contribution in [0.4, 0.5) is 0 Å². The Morgan fingerprint density at radius 2 is 1.35 bits per heavy atom. The first-order chi connectivity index (χ1) is 16.8. The first-order valence-electron chi connectivity index (χ1n) is 11.5. The zero-order valence-electron chi connectivity index (χ0n) is 18.1. The minimum atomic E-state index is -0.374. The molecule has 0 amide bonds. The topological polar surface area (TPSA) is 73.7 Å². The third-order valence-corrected chi connectivity index (χ3v) is 7.43. The van der Waals surface area contributed by atoms with E-state index in [1.54, 1.807) is 0 Å². The largest absolute Gasteiger partial charge is 0.453 e. The summed E-state index contributed by atoms with van der Waals surface area (Å²) in [6.07, 6.45) is 3.62. The van der Waals surface area contributed by atoms with Gasteiger partial charge in [0.25, 0.3) is 0 Å². The van der Waals surface area contributed by atoms with Crippen molar-refractivity contribution in [2.45, 2.75) is 12.0 Å². The van der Waals surface area contributed by atoms with Crippen LogP contribution in [0.5, 0.6) is 0 Å². The van der Waals surface area contributed by atoms with Crippen LogP contribution in [-0.2, 0) is 9.53 Å². The van der Waals surface area contributed by atoms with Crippen molar-refractivity contribution in [3.8, 4) is 0 Å². The van der Waals surface area contributed by atoms with Crippen LogP contribution in [0.1, 0.15) is 28.3 Å². The van der Waals surface area contributed by atoms with E-state index in [-0.39, 0.29) is 18.0 Å². The molecule has 3 aromatic carbocycles. The third kappa shape index (κ3) is 2.16. The maximum atomic E-state index is 13.5. The number of hydrogen-bond acceptors (Lipinski definition) is 2. The first-order valence-corrected chi connectivity index (χ1v) is 11.5. The lowest BCUT2D eigenvalue weighted by Crippen LogP contribution is -2.17. The highest BCUT2D eigenvalue weighted by Crippen LogP contribution is 2.56. The molecule has 1 aliphatic carbocycles. The first kappa shape index (κ1) is 18.0. The molecule has 3 aromatic heterocycles. The molecule has 162 valence electrons. The monoisotopic (exact) mass is 441 g/mol. The molecule has 34 heavy (non-hydrogen) atoms. The van der Waals surface area contributed by atoms with Crippen molar-refractivity contribution < 1.29 is 9.53 Å². The van der Waals surface area contributed by atoms with Crippen molar-refractivity contribution in [1.82, 2.24) is 15.0 Å². The van der Waals surface area contributed by atoms with Crippen molar-refractivity contribution >= 4 is 49.8 Å². The number of carbonyl (C=O) groups is 1. The van der Waals surface area contributed by atoms with E-state index < -0.39 is 0 Å². The van der Waals surface area contributed by atoms with Crippen molar-refractivity contribution in [3.63, 3.8) is 0 Å². The number of nitrogens with one attached hydrogen (secondary N) is 3. The molecule has 0 bridgehead atoms. The second-order valence-electron chi connectivity index (χ2n) is 9.09. The van der Waals surface area contributed by atoms with Gasteiger partial charge in [0.15, 0.2) is 0 Å². The van der Waals surface area contributed by atoms with Crippen LogP contribution in [0.25, 0.3) is 43.9 Å². The molecule has 3 N–H and O–H groups in total. The Morgan fingerprint density at radius 3 is 2.18 bits per heavy atom. The van der Waals surface area contributed by atoms with E-state index in [1.165, 1.54) is 0 Å². The predicted molar refractivity (Wildman–Crippen MR) is 133 cm³/mol. The van der Waals surface area contributed by atoms with Gasteiger partial charge in [-0.3, -0.25) is 0 Å². The quantitative estimate of drug-likeness (QED) is 0.284. The summed E-state index contributed by atoms with van der Waals surface area (Å²) >= 11 is 0. The minimum absolute atomic E-state index is 0.111. The number of fused-ring (bicyclic) bond motifs is 7. The van der Waals surface area contributed by atoms with E-state index in [0.717, 1.165) is 60.7 Å². The van der Waals surface area contributed by atoms with Gasteiger partial charge in [-0.05, 0) is 23.8 Å². The molecule has 8 rings (SSSR count). The van der Waals surface area contributed by atoms with Gasteiger partial charge in [-0.2, -0.15) is 0 Å². The number of ether oxygens (including phenoxy) is 1. The standard InChI is InChI=1S/C29H19N3O2/c33-29-24(18-13-30-20-10-4-1-7-15(18)20)26-23-17-9-3-6-12-22(17)32-27(23)25(28(26)34-29)19-14-31-21-11-5-2-8-16(19)21/h1-14,25,28,30-32H. The molecule has 2 unspecified atom stereocenters. The molecule has 0 fully saturated rings. The van der Waals surface area contributed by atoms with Crippen molar-refractivity contribution in [1.29, 1.82) is 0 Å². The molecule has 0 spiro atoms. The lowest BCUT2D eigenvalue weighted by atomic mass is 9.91. The molecule has 2 atom stereocenters.